The Morgan fingerprint density at radius 2 is 2.11 bits per heavy atom. The molecule has 1 aliphatic heterocycles. The van der Waals surface area contributed by atoms with Gasteiger partial charge in [0.25, 0.3) is 11.8 Å². The smallest absolute Gasteiger partial charge is 0.258 e. The van der Waals surface area contributed by atoms with E-state index in [-0.39, 0.29) is 5.75 Å². The maximum Gasteiger partial charge on any atom is 0.258 e. The molecule has 1 aromatic carbocycles. The largest absolute Gasteiger partial charge is 0.508 e. The van der Waals surface area contributed by atoms with Crippen LogP contribution in [0.25, 0.3) is 0 Å². The fourth-order valence-electron chi connectivity index (χ4n) is 1.48. The molecule has 0 radical (unpaired) electrons. The number of hydrogen-bond acceptors (Lipinski definition) is 5. The number of carbonyl (C=O) groups is 2. The van der Waals surface area contributed by atoms with Gasteiger partial charge >= 0.3 is 0 Å². The molecule has 2 amide bonds. The lowest BCUT2D eigenvalue weighted by Crippen LogP contribution is -2.34. The molecule has 0 unspecified atom stereocenters. The van der Waals surface area contributed by atoms with Crippen LogP contribution in [-0.4, -0.2) is 28.8 Å². The van der Waals surface area contributed by atoms with Gasteiger partial charge < -0.3 is 5.11 Å². The van der Waals surface area contributed by atoms with Gasteiger partial charge in [-0.2, -0.15) is 10.2 Å². The molecule has 0 saturated carbocycles. The van der Waals surface area contributed by atoms with E-state index in [9.17, 15) is 9.59 Å². The minimum absolute atomic E-state index is 0.152. The number of phenolic OH excluding ortho intramolecular Hbond substituents is 1. The Morgan fingerprint density at radius 1 is 1.42 bits per heavy atom. The second kappa shape index (κ2) is 5.30. The standard InChI is InChI=1S/C12H12N4O3/c1-7(8-2-4-9(17)5-3-8)14-16-12(19)10-6-13-15-11(10)18/h2-6,10,17H,1H3,(H,15,18)(H,16,19)/b14-7-/t10-/m1/s1. The zero-order valence-corrected chi connectivity index (χ0v) is 10.1. The van der Waals surface area contributed by atoms with Gasteiger partial charge in [-0.25, -0.2) is 10.9 Å². The predicted molar refractivity (Wildman–Crippen MR) is 68.6 cm³/mol. The number of phenols is 1. The Kier molecular flexibility index (Phi) is 3.56. The molecule has 0 aromatic heterocycles. The second-order valence-electron chi connectivity index (χ2n) is 3.95. The molecule has 98 valence electrons. The van der Waals surface area contributed by atoms with Crippen molar-refractivity contribution >= 4 is 23.7 Å². The molecule has 0 aliphatic carbocycles. The Hall–Kier alpha value is -2.70. The molecule has 1 aromatic rings. The average Bonchev–Trinajstić information content (AvgIpc) is 2.83. The van der Waals surface area contributed by atoms with Gasteiger partial charge in [0.2, 0.25) is 0 Å². The minimum atomic E-state index is -0.948. The lowest BCUT2D eigenvalue weighted by molar-refractivity contribution is -0.131. The van der Waals surface area contributed by atoms with E-state index in [1.54, 1.807) is 19.1 Å². The summed E-state index contributed by atoms with van der Waals surface area (Å²) in [5.41, 5.74) is 5.78. The van der Waals surface area contributed by atoms with E-state index in [0.717, 1.165) is 5.56 Å². The number of aromatic hydroxyl groups is 1. The zero-order valence-electron chi connectivity index (χ0n) is 10.1. The average molecular weight is 260 g/mol. The summed E-state index contributed by atoms with van der Waals surface area (Å²) in [7, 11) is 0. The third-order valence-corrected chi connectivity index (χ3v) is 2.58. The number of hydrazone groups is 2. The van der Waals surface area contributed by atoms with Crippen LogP contribution in [0.3, 0.4) is 0 Å². The Balaban J connectivity index is 2.02. The molecular weight excluding hydrogens is 248 g/mol. The summed E-state index contributed by atoms with van der Waals surface area (Å²) in [4.78, 5) is 22.8. The van der Waals surface area contributed by atoms with Gasteiger partial charge in [-0.15, -0.1) is 0 Å². The highest BCUT2D eigenvalue weighted by atomic mass is 16.3. The molecular formula is C12H12N4O3. The first-order valence-corrected chi connectivity index (χ1v) is 5.54. The summed E-state index contributed by atoms with van der Waals surface area (Å²) in [6, 6.07) is 6.38. The van der Waals surface area contributed by atoms with Gasteiger partial charge in [0.1, 0.15) is 5.75 Å². The van der Waals surface area contributed by atoms with Gasteiger partial charge in [0.05, 0.1) is 5.71 Å². The molecule has 7 heteroatoms. The molecule has 3 N–H and O–H groups in total. The van der Waals surface area contributed by atoms with E-state index in [2.05, 4.69) is 21.1 Å². The van der Waals surface area contributed by atoms with Crippen LogP contribution in [0.2, 0.25) is 0 Å². The number of amides is 2. The van der Waals surface area contributed by atoms with Crippen LogP contribution in [0, 0.1) is 5.92 Å². The van der Waals surface area contributed by atoms with Gasteiger partial charge in [-0.1, -0.05) is 0 Å². The Bertz CT molecular complexity index is 563. The summed E-state index contributed by atoms with van der Waals surface area (Å²) in [6.45, 7) is 1.70. The molecule has 7 nitrogen and oxygen atoms in total. The number of nitrogens with one attached hydrogen (secondary N) is 2. The van der Waals surface area contributed by atoms with Crippen LogP contribution < -0.4 is 10.9 Å². The third-order valence-electron chi connectivity index (χ3n) is 2.58. The molecule has 0 spiro atoms. The molecule has 0 fully saturated rings. The van der Waals surface area contributed by atoms with E-state index < -0.39 is 17.7 Å². The highest BCUT2D eigenvalue weighted by molar-refractivity contribution is 6.15. The highest BCUT2D eigenvalue weighted by Gasteiger charge is 2.28. The molecule has 1 aliphatic rings. The quantitative estimate of drug-likeness (QED) is 0.403. The molecule has 1 heterocycles. The van der Waals surface area contributed by atoms with Crippen LogP contribution in [-0.2, 0) is 9.59 Å². The minimum Gasteiger partial charge on any atom is -0.508 e. The summed E-state index contributed by atoms with van der Waals surface area (Å²) < 4.78 is 0. The number of rotatable bonds is 3. The molecule has 19 heavy (non-hydrogen) atoms. The summed E-state index contributed by atoms with van der Waals surface area (Å²) in [6.07, 6.45) is 1.23. The second-order valence-corrected chi connectivity index (χ2v) is 3.95. The Morgan fingerprint density at radius 3 is 2.68 bits per heavy atom. The lowest BCUT2D eigenvalue weighted by Gasteiger charge is -2.05. The van der Waals surface area contributed by atoms with Crippen LogP contribution in [0.15, 0.2) is 34.5 Å². The monoisotopic (exact) mass is 260 g/mol. The van der Waals surface area contributed by atoms with Crippen molar-refractivity contribution in [1.82, 2.24) is 10.9 Å². The molecule has 0 bridgehead atoms. The van der Waals surface area contributed by atoms with Crippen molar-refractivity contribution in [2.75, 3.05) is 0 Å². The van der Waals surface area contributed by atoms with Crippen molar-refractivity contribution in [3.8, 4) is 5.75 Å². The molecule has 2 rings (SSSR count). The van der Waals surface area contributed by atoms with Crippen molar-refractivity contribution in [2.24, 2.45) is 16.1 Å². The van der Waals surface area contributed by atoms with E-state index in [1.165, 1.54) is 18.3 Å². The third kappa shape index (κ3) is 2.95. The van der Waals surface area contributed by atoms with E-state index >= 15 is 0 Å². The van der Waals surface area contributed by atoms with Crippen LogP contribution in [0.5, 0.6) is 5.75 Å². The topological polar surface area (TPSA) is 103 Å². The van der Waals surface area contributed by atoms with Crippen LogP contribution in [0.1, 0.15) is 12.5 Å². The van der Waals surface area contributed by atoms with Crippen LogP contribution >= 0.6 is 0 Å². The summed E-state index contributed by atoms with van der Waals surface area (Å²) in [5.74, 6) is -1.82. The summed E-state index contributed by atoms with van der Waals surface area (Å²) >= 11 is 0. The maximum absolute atomic E-state index is 11.6. The Labute approximate surface area is 109 Å². The van der Waals surface area contributed by atoms with Gasteiger partial charge in [0, 0.05) is 6.21 Å². The number of hydrogen-bond donors (Lipinski definition) is 3. The first-order chi connectivity index (χ1) is 9.08. The van der Waals surface area contributed by atoms with E-state index in [4.69, 9.17) is 5.11 Å². The normalized spacial score (nSPS) is 18.3. The van der Waals surface area contributed by atoms with Crippen molar-refractivity contribution < 1.29 is 14.7 Å². The predicted octanol–water partition coefficient (Wildman–Crippen LogP) is -0.0358. The lowest BCUT2D eigenvalue weighted by atomic mass is 10.1. The van der Waals surface area contributed by atoms with E-state index in [1.807, 2.05) is 0 Å². The van der Waals surface area contributed by atoms with Crippen molar-refractivity contribution in [3.05, 3.63) is 29.8 Å². The first kappa shape index (κ1) is 12.7. The number of benzene rings is 1. The van der Waals surface area contributed by atoms with Gasteiger partial charge in [-0.05, 0) is 36.8 Å². The molecule has 0 saturated heterocycles. The van der Waals surface area contributed by atoms with Crippen molar-refractivity contribution in [2.45, 2.75) is 6.92 Å². The maximum atomic E-state index is 11.6. The van der Waals surface area contributed by atoms with Crippen molar-refractivity contribution in [1.29, 1.82) is 0 Å². The fraction of sp³-hybridized carbons (Fsp3) is 0.167. The van der Waals surface area contributed by atoms with Gasteiger partial charge in [0.15, 0.2) is 5.92 Å². The molecule has 1 atom stereocenters. The number of nitrogens with zero attached hydrogens (tertiary/aromatic N) is 2. The fourth-order valence-corrected chi connectivity index (χ4v) is 1.48. The zero-order chi connectivity index (χ0) is 13.8. The highest BCUT2D eigenvalue weighted by Crippen LogP contribution is 2.10. The number of carbonyl (C=O) groups excluding carboxylic acids is 2. The summed E-state index contributed by atoms with van der Waals surface area (Å²) in [5, 5.41) is 16.6. The van der Waals surface area contributed by atoms with Crippen molar-refractivity contribution in [3.63, 3.8) is 0 Å². The van der Waals surface area contributed by atoms with Crippen LogP contribution in [0.4, 0.5) is 0 Å². The van der Waals surface area contributed by atoms with Gasteiger partial charge in [-0.3, -0.25) is 9.59 Å². The SMILES string of the molecule is C/C(=N/NC(=O)[C@@H]1C=NNC1=O)c1ccc(O)cc1. The first-order valence-electron chi connectivity index (χ1n) is 5.54. The van der Waals surface area contributed by atoms with E-state index in [0.29, 0.717) is 5.71 Å².